The first-order valence-electron chi connectivity index (χ1n) is 12.1. The molecule has 0 atom stereocenters. The van der Waals surface area contributed by atoms with Crippen LogP contribution in [0.3, 0.4) is 0 Å². The van der Waals surface area contributed by atoms with Crippen LogP contribution in [0.5, 0.6) is 5.75 Å². The van der Waals surface area contributed by atoms with E-state index in [0.717, 1.165) is 24.2 Å². The van der Waals surface area contributed by atoms with Crippen molar-refractivity contribution in [1.82, 2.24) is 0 Å². The molecule has 0 unspecified atom stereocenters. The number of rotatable bonds is 15. The lowest BCUT2D eigenvalue weighted by Crippen LogP contribution is -2.13. The van der Waals surface area contributed by atoms with Gasteiger partial charge in [-0.2, -0.15) is 0 Å². The van der Waals surface area contributed by atoms with Crippen LogP contribution >= 0.6 is 21.8 Å². The van der Waals surface area contributed by atoms with Gasteiger partial charge in [-0.05, 0) is 61.6 Å². The lowest BCUT2D eigenvalue weighted by Gasteiger charge is -2.29. The van der Waals surface area contributed by atoms with Gasteiger partial charge in [0.2, 0.25) is 0 Å². The van der Waals surface area contributed by atoms with Gasteiger partial charge in [0, 0.05) is 0 Å². The van der Waals surface area contributed by atoms with E-state index in [2.05, 4.69) is 53.0 Å². The summed E-state index contributed by atoms with van der Waals surface area (Å²) in [7, 11) is 0.166. The largest absolute Gasteiger partial charge is 0.494 e. The van der Waals surface area contributed by atoms with E-state index in [0.29, 0.717) is 0 Å². The van der Waals surface area contributed by atoms with Gasteiger partial charge in [-0.15, -0.1) is 21.8 Å². The fraction of sp³-hybridized carbons (Fsp3) is 0.760. The van der Waals surface area contributed by atoms with Gasteiger partial charge >= 0.3 is 0 Å². The lowest BCUT2D eigenvalue weighted by molar-refractivity contribution is 0.301. The Labute approximate surface area is 189 Å². The first-order valence-corrected chi connectivity index (χ1v) is 18.2. The summed E-state index contributed by atoms with van der Waals surface area (Å²) in [6, 6.07) is 10.4. The maximum absolute atomic E-state index is 5.88. The molecule has 0 N–H and O–H groups in total. The minimum absolute atomic E-state index is 0.166. The molecule has 1 saturated carbocycles. The Balaban J connectivity index is 1.55. The van der Waals surface area contributed by atoms with Crippen LogP contribution in [0.1, 0.15) is 108 Å². The molecular formula is C25H43IOSi. The number of benzene rings is 1. The van der Waals surface area contributed by atoms with Gasteiger partial charge in [0.05, 0.1) is 13.6 Å². The van der Waals surface area contributed by atoms with Crippen LogP contribution in [0.4, 0.5) is 0 Å². The normalized spacial score (nSPS) is 20.1. The highest BCUT2D eigenvalue weighted by Crippen LogP contribution is 2.38. The molecule has 160 valence electrons. The molecule has 1 aliphatic carbocycles. The van der Waals surface area contributed by atoms with Crippen LogP contribution in [0.15, 0.2) is 24.3 Å². The Morgan fingerprint density at radius 1 is 0.857 bits per heavy atom. The maximum Gasteiger partial charge on any atom is 0.119 e. The average molecular weight is 515 g/mol. The summed E-state index contributed by atoms with van der Waals surface area (Å²) in [4.78, 5) is 0. The SMILES string of the molecule is CCCCCCCCCCC1CCC(c2ccc(OCCC[SiH2]I)cc2)CC1. The van der Waals surface area contributed by atoms with Gasteiger partial charge in [-0.3, -0.25) is 0 Å². The summed E-state index contributed by atoms with van der Waals surface area (Å²) in [5.41, 5.74) is 1.54. The van der Waals surface area contributed by atoms with E-state index < -0.39 is 0 Å². The quantitative estimate of drug-likeness (QED) is 0.0992. The van der Waals surface area contributed by atoms with Crippen molar-refractivity contribution in [1.29, 1.82) is 0 Å². The molecule has 0 heterocycles. The second-order valence-electron chi connectivity index (χ2n) is 8.79. The molecule has 0 aliphatic heterocycles. The van der Waals surface area contributed by atoms with Crippen molar-refractivity contribution < 1.29 is 4.74 Å². The minimum atomic E-state index is 0.166. The van der Waals surface area contributed by atoms with E-state index in [4.69, 9.17) is 4.74 Å². The summed E-state index contributed by atoms with van der Waals surface area (Å²) < 4.78 is 5.88. The predicted octanol–water partition coefficient (Wildman–Crippen LogP) is 8.20. The smallest absolute Gasteiger partial charge is 0.119 e. The van der Waals surface area contributed by atoms with Crippen LogP contribution in [0.25, 0.3) is 0 Å². The second kappa shape index (κ2) is 15.8. The van der Waals surface area contributed by atoms with Gasteiger partial charge in [0.1, 0.15) is 5.75 Å². The van der Waals surface area contributed by atoms with Crippen molar-refractivity contribution in [2.24, 2.45) is 5.92 Å². The van der Waals surface area contributed by atoms with E-state index >= 15 is 0 Å². The van der Waals surface area contributed by atoms with Gasteiger partial charge in [0.15, 0.2) is 0 Å². The Bertz CT molecular complexity index is 482. The second-order valence-corrected chi connectivity index (χ2v) is 13.1. The Morgan fingerprint density at radius 2 is 1.50 bits per heavy atom. The Kier molecular flexibility index (Phi) is 13.6. The molecular weight excluding hydrogens is 471 g/mol. The van der Waals surface area contributed by atoms with Gasteiger partial charge in [-0.25, -0.2) is 0 Å². The molecule has 0 aromatic heterocycles. The summed E-state index contributed by atoms with van der Waals surface area (Å²) >= 11 is 2.57. The zero-order valence-corrected chi connectivity index (χ0v) is 21.8. The van der Waals surface area contributed by atoms with Crippen LogP contribution in [0, 0.1) is 5.92 Å². The number of ether oxygens (including phenoxy) is 1. The molecule has 1 aromatic carbocycles. The summed E-state index contributed by atoms with van der Waals surface area (Å²) in [6.45, 7) is 3.19. The van der Waals surface area contributed by atoms with Crippen molar-refractivity contribution in [3.05, 3.63) is 29.8 Å². The molecule has 2 rings (SSSR count). The maximum atomic E-state index is 5.88. The number of halogens is 1. The van der Waals surface area contributed by atoms with Crippen molar-refractivity contribution in [2.45, 2.75) is 109 Å². The third kappa shape index (κ3) is 10.1. The van der Waals surface area contributed by atoms with Gasteiger partial charge in [-0.1, -0.05) is 82.9 Å². The molecule has 0 bridgehead atoms. The third-order valence-electron chi connectivity index (χ3n) is 6.46. The summed E-state index contributed by atoms with van der Waals surface area (Å²) in [6.07, 6.45) is 19.9. The molecule has 1 aliphatic rings. The van der Waals surface area contributed by atoms with Crippen LogP contribution in [-0.4, -0.2) is 13.6 Å². The molecule has 3 heteroatoms. The first kappa shape index (κ1) is 24.2. The van der Waals surface area contributed by atoms with E-state index in [1.807, 2.05) is 0 Å². The van der Waals surface area contributed by atoms with Crippen molar-refractivity contribution in [3.63, 3.8) is 0 Å². The van der Waals surface area contributed by atoms with Crippen LogP contribution in [-0.2, 0) is 0 Å². The van der Waals surface area contributed by atoms with Crippen molar-refractivity contribution in [3.8, 4) is 5.75 Å². The molecule has 1 aromatic rings. The number of unbranched alkanes of at least 4 members (excludes halogenated alkanes) is 7. The molecule has 0 radical (unpaired) electrons. The first-order chi connectivity index (χ1) is 13.8. The summed E-state index contributed by atoms with van der Waals surface area (Å²) in [5, 5.41) is 0. The average Bonchev–Trinajstić information content (AvgIpc) is 2.74. The van der Waals surface area contributed by atoms with E-state index in [1.165, 1.54) is 101 Å². The minimum Gasteiger partial charge on any atom is -0.494 e. The highest BCUT2D eigenvalue weighted by molar-refractivity contribution is 14.1. The molecule has 1 fully saturated rings. The van der Waals surface area contributed by atoms with E-state index in [-0.39, 0.29) is 7.02 Å². The fourth-order valence-corrected chi connectivity index (χ4v) is 6.59. The highest BCUT2D eigenvalue weighted by atomic mass is 127. The predicted molar refractivity (Wildman–Crippen MR) is 136 cm³/mol. The highest BCUT2D eigenvalue weighted by Gasteiger charge is 2.22. The van der Waals surface area contributed by atoms with Crippen molar-refractivity contribution in [2.75, 3.05) is 6.61 Å². The van der Waals surface area contributed by atoms with Crippen LogP contribution in [0.2, 0.25) is 6.04 Å². The Hall–Kier alpha value is -0.0331. The Morgan fingerprint density at radius 3 is 2.14 bits per heavy atom. The fourth-order valence-electron chi connectivity index (χ4n) is 4.57. The van der Waals surface area contributed by atoms with E-state index in [1.54, 1.807) is 0 Å². The monoisotopic (exact) mass is 514 g/mol. The lowest BCUT2D eigenvalue weighted by atomic mass is 9.77. The number of hydrogen-bond acceptors (Lipinski definition) is 1. The molecule has 0 amide bonds. The zero-order valence-electron chi connectivity index (χ0n) is 18.3. The molecule has 28 heavy (non-hydrogen) atoms. The van der Waals surface area contributed by atoms with Crippen molar-refractivity contribution >= 4 is 28.8 Å². The molecule has 1 nitrogen and oxygen atoms in total. The van der Waals surface area contributed by atoms with Crippen LogP contribution < -0.4 is 4.74 Å². The van der Waals surface area contributed by atoms with Gasteiger partial charge < -0.3 is 4.74 Å². The summed E-state index contributed by atoms with van der Waals surface area (Å²) in [5.74, 6) is 2.84. The topological polar surface area (TPSA) is 9.23 Å². The molecule has 0 saturated heterocycles. The zero-order chi connectivity index (χ0) is 19.9. The van der Waals surface area contributed by atoms with Gasteiger partial charge in [0.25, 0.3) is 0 Å². The van der Waals surface area contributed by atoms with E-state index in [9.17, 15) is 0 Å². The standard InChI is InChI=1S/C25H43IOSi/c1-2-3-4-5-6-7-8-9-11-22-12-14-23(15-13-22)24-16-18-25(19-17-24)27-20-10-21-28-26/h16-19,22-23H,2-15,20-21,28H2,1H3. The number of hydrogen-bond donors (Lipinski definition) is 0. The molecule has 0 spiro atoms. The third-order valence-corrected chi connectivity index (χ3v) is 9.52.